The first kappa shape index (κ1) is 15.3. The van der Waals surface area contributed by atoms with Crippen molar-refractivity contribution in [3.63, 3.8) is 0 Å². The second kappa shape index (κ2) is 6.65. The number of esters is 1. The first-order chi connectivity index (χ1) is 10.7. The molecule has 3 rings (SSSR count). The molecule has 4 nitrogen and oxygen atoms in total. The molecule has 116 valence electrons. The average molecular weight is 363 g/mol. The van der Waals surface area contributed by atoms with E-state index >= 15 is 0 Å². The van der Waals surface area contributed by atoms with Crippen LogP contribution in [0, 0.1) is 5.92 Å². The molecule has 0 amide bonds. The quantitative estimate of drug-likeness (QED) is 0.779. The van der Waals surface area contributed by atoms with Gasteiger partial charge >= 0.3 is 5.97 Å². The highest BCUT2D eigenvalue weighted by atomic mass is 79.9. The number of hydrogen-bond acceptors (Lipinski definition) is 4. The minimum Gasteiger partial charge on any atom is -0.466 e. The van der Waals surface area contributed by atoms with Gasteiger partial charge < -0.3 is 9.64 Å². The molecule has 0 N–H and O–H groups in total. The number of hydrogen-bond donors (Lipinski definition) is 0. The number of rotatable bonds is 3. The highest BCUT2D eigenvalue weighted by molar-refractivity contribution is 9.10. The summed E-state index contributed by atoms with van der Waals surface area (Å²) in [6.45, 7) is 4.00. The van der Waals surface area contributed by atoms with Gasteiger partial charge in [-0.05, 0) is 50.1 Å². The lowest BCUT2D eigenvalue weighted by atomic mass is 9.97. The van der Waals surface area contributed by atoms with Crippen molar-refractivity contribution >= 4 is 38.6 Å². The van der Waals surface area contributed by atoms with Gasteiger partial charge in [-0.3, -0.25) is 4.79 Å². The predicted molar refractivity (Wildman–Crippen MR) is 91.0 cm³/mol. The Morgan fingerprint density at radius 3 is 2.82 bits per heavy atom. The highest BCUT2D eigenvalue weighted by Gasteiger charge is 2.26. The van der Waals surface area contributed by atoms with Gasteiger partial charge in [-0.15, -0.1) is 0 Å². The number of carbonyl (C=O) groups is 1. The molecule has 0 aliphatic carbocycles. The monoisotopic (exact) mass is 362 g/mol. The Morgan fingerprint density at radius 1 is 1.32 bits per heavy atom. The first-order valence-corrected chi connectivity index (χ1v) is 8.44. The van der Waals surface area contributed by atoms with E-state index in [0.717, 1.165) is 47.1 Å². The van der Waals surface area contributed by atoms with Crippen molar-refractivity contribution in [3.8, 4) is 0 Å². The van der Waals surface area contributed by atoms with Crippen LogP contribution in [-0.4, -0.2) is 30.6 Å². The number of piperidine rings is 1. The summed E-state index contributed by atoms with van der Waals surface area (Å²) in [4.78, 5) is 18.8. The summed E-state index contributed by atoms with van der Waals surface area (Å²) in [5.74, 6) is 0.961. The first-order valence-electron chi connectivity index (χ1n) is 7.65. The lowest BCUT2D eigenvalue weighted by Crippen LogP contribution is -2.37. The fourth-order valence-electron chi connectivity index (χ4n) is 2.87. The van der Waals surface area contributed by atoms with Crippen LogP contribution in [0.1, 0.15) is 19.8 Å². The number of ether oxygens (including phenoxy) is 1. The maximum absolute atomic E-state index is 11.8. The number of aromatic nitrogens is 1. The van der Waals surface area contributed by atoms with Gasteiger partial charge in [-0.1, -0.05) is 15.9 Å². The van der Waals surface area contributed by atoms with E-state index in [1.165, 1.54) is 0 Å². The van der Waals surface area contributed by atoms with Crippen molar-refractivity contribution in [3.05, 3.63) is 34.8 Å². The van der Waals surface area contributed by atoms with Crippen molar-refractivity contribution in [1.29, 1.82) is 0 Å². The molecule has 1 aromatic carbocycles. The van der Waals surface area contributed by atoms with E-state index in [1.807, 2.05) is 19.1 Å². The fraction of sp³-hybridized carbons (Fsp3) is 0.412. The van der Waals surface area contributed by atoms with Crippen molar-refractivity contribution in [2.24, 2.45) is 5.92 Å². The zero-order chi connectivity index (χ0) is 15.5. The Morgan fingerprint density at radius 2 is 2.09 bits per heavy atom. The molecule has 0 atom stereocenters. The third-order valence-electron chi connectivity index (χ3n) is 4.08. The second-order valence-electron chi connectivity index (χ2n) is 5.52. The van der Waals surface area contributed by atoms with Crippen LogP contribution in [0.25, 0.3) is 10.9 Å². The van der Waals surface area contributed by atoms with E-state index in [0.29, 0.717) is 6.61 Å². The average Bonchev–Trinajstić information content (AvgIpc) is 2.55. The summed E-state index contributed by atoms with van der Waals surface area (Å²) in [6, 6.07) is 10.2. The third-order valence-corrected chi connectivity index (χ3v) is 4.57. The standard InChI is InChI=1S/C17H19BrN2O2/c1-2-22-17(21)12-7-9-20(10-8-12)16-6-3-13-11-14(18)4-5-15(13)19-16/h3-6,11-12H,2,7-10H2,1H3. The minimum atomic E-state index is -0.0570. The second-order valence-corrected chi connectivity index (χ2v) is 6.44. The fourth-order valence-corrected chi connectivity index (χ4v) is 3.24. The molecule has 1 fully saturated rings. The molecule has 0 spiro atoms. The number of nitrogens with zero attached hydrogens (tertiary/aromatic N) is 2. The molecule has 0 unspecified atom stereocenters. The Kier molecular flexibility index (Phi) is 4.62. The number of anilines is 1. The Bertz CT molecular complexity index is 681. The zero-order valence-corrected chi connectivity index (χ0v) is 14.2. The van der Waals surface area contributed by atoms with Gasteiger partial charge in [0.25, 0.3) is 0 Å². The molecule has 0 radical (unpaired) electrons. The molecule has 22 heavy (non-hydrogen) atoms. The summed E-state index contributed by atoms with van der Waals surface area (Å²) in [6.07, 6.45) is 1.66. The van der Waals surface area contributed by atoms with Crippen molar-refractivity contribution in [2.45, 2.75) is 19.8 Å². The molecule has 1 aliphatic rings. The van der Waals surface area contributed by atoms with Crippen LogP contribution in [0.5, 0.6) is 0 Å². The van der Waals surface area contributed by atoms with Crippen molar-refractivity contribution in [1.82, 2.24) is 4.98 Å². The molecule has 1 saturated heterocycles. The van der Waals surface area contributed by atoms with Gasteiger partial charge in [-0.25, -0.2) is 4.98 Å². The van der Waals surface area contributed by atoms with Crippen LogP contribution in [0.3, 0.4) is 0 Å². The van der Waals surface area contributed by atoms with Gasteiger partial charge in [0.15, 0.2) is 0 Å². The number of carbonyl (C=O) groups excluding carboxylic acids is 1. The predicted octanol–water partition coefficient (Wildman–Crippen LogP) is 3.78. The molecule has 1 aliphatic heterocycles. The molecule has 2 aromatic rings. The van der Waals surface area contributed by atoms with Gasteiger partial charge in [-0.2, -0.15) is 0 Å². The van der Waals surface area contributed by atoms with Crippen LogP contribution < -0.4 is 4.90 Å². The van der Waals surface area contributed by atoms with E-state index < -0.39 is 0 Å². The Labute approximate surface area is 138 Å². The summed E-state index contributed by atoms with van der Waals surface area (Å²) in [5, 5.41) is 1.12. The van der Waals surface area contributed by atoms with E-state index in [4.69, 9.17) is 9.72 Å². The smallest absolute Gasteiger partial charge is 0.309 e. The van der Waals surface area contributed by atoms with Gasteiger partial charge in [0.2, 0.25) is 0 Å². The van der Waals surface area contributed by atoms with Crippen LogP contribution in [0.2, 0.25) is 0 Å². The van der Waals surface area contributed by atoms with Crippen molar-refractivity contribution in [2.75, 3.05) is 24.6 Å². The summed E-state index contributed by atoms with van der Waals surface area (Å²) >= 11 is 3.48. The number of fused-ring (bicyclic) bond motifs is 1. The zero-order valence-electron chi connectivity index (χ0n) is 12.6. The van der Waals surface area contributed by atoms with Crippen LogP contribution >= 0.6 is 15.9 Å². The van der Waals surface area contributed by atoms with Crippen LogP contribution in [0.15, 0.2) is 34.8 Å². The molecular weight excluding hydrogens is 344 g/mol. The summed E-state index contributed by atoms with van der Waals surface area (Å²) in [5.41, 5.74) is 0.994. The van der Waals surface area contributed by atoms with Crippen LogP contribution in [0.4, 0.5) is 5.82 Å². The van der Waals surface area contributed by atoms with Crippen molar-refractivity contribution < 1.29 is 9.53 Å². The SMILES string of the molecule is CCOC(=O)C1CCN(c2ccc3cc(Br)ccc3n2)CC1. The van der Waals surface area contributed by atoms with E-state index in [-0.39, 0.29) is 11.9 Å². The maximum atomic E-state index is 11.8. The maximum Gasteiger partial charge on any atom is 0.309 e. The Balaban J connectivity index is 1.71. The number of benzene rings is 1. The summed E-state index contributed by atoms with van der Waals surface area (Å²) < 4.78 is 6.17. The molecule has 0 saturated carbocycles. The molecular formula is C17H19BrN2O2. The molecule has 0 bridgehead atoms. The number of halogens is 1. The van der Waals surface area contributed by atoms with E-state index in [2.05, 4.69) is 39.0 Å². The van der Waals surface area contributed by atoms with E-state index in [1.54, 1.807) is 0 Å². The van der Waals surface area contributed by atoms with E-state index in [9.17, 15) is 4.79 Å². The largest absolute Gasteiger partial charge is 0.466 e. The molecule has 5 heteroatoms. The van der Waals surface area contributed by atoms with Gasteiger partial charge in [0.1, 0.15) is 5.82 Å². The van der Waals surface area contributed by atoms with Gasteiger partial charge in [0.05, 0.1) is 18.0 Å². The number of pyridine rings is 1. The highest BCUT2D eigenvalue weighted by Crippen LogP contribution is 2.26. The lowest BCUT2D eigenvalue weighted by Gasteiger charge is -2.31. The van der Waals surface area contributed by atoms with Crippen LogP contribution in [-0.2, 0) is 9.53 Å². The van der Waals surface area contributed by atoms with Gasteiger partial charge in [0, 0.05) is 22.9 Å². The normalized spacial score (nSPS) is 16.0. The Hall–Kier alpha value is -1.62. The molecule has 1 aromatic heterocycles. The third kappa shape index (κ3) is 3.24. The topological polar surface area (TPSA) is 42.4 Å². The molecule has 2 heterocycles. The minimum absolute atomic E-state index is 0.0348. The lowest BCUT2D eigenvalue weighted by molar-refractivity contribution is -0.148. The summed E-state index contributed by atoms with van der Waals surface area (Å²) in [7, 11) is 0.